The van der Waals surface area contributed by atoms with Crippen molar-refractivity contribution in [3.63, 3.8) is 0 Å². The number of ether oxygens (including phenoxy) is 1. The lowest BCUT2D eigenvalue weighted by Gasteiger charge is -2.31. The van der Waals surface area contributed by atoms with Crippen molar-refractivity contribution >= 4 is 6.09 Å². The molecule has 2 aliphatic rings. The number of rotatable bonds is 4. The van der Waals surface area contributed by atoms with Crippen LogP contribution >= 0.6 is 0 Å². The van der Waals surface area contributed by atoms with Crippen LogP contribution in [0.1, 0.15) is 57.2 Å². The van der Waals surface area contributed by atoms with E-state index in [0.717, 1.165) is 25.4 Å². The first-order valence-corrected chi connectivity index (χ1v) is 11.7. The zero-order valence-electron chi connectivity index (χ0n) is 19.5. The van der Waals surface area contributed by atoms with Crippen LogP contribution in [0.15, 0.2) is 42.5 Å². The van der Waals surface area contributed by atoms with Crippen molar-refractivity contribution < 1.29 is 9.53 Å². The van der Waals surface area contributed by atoms with Gasteiger partial charge < -0.3 is 14.5 Å². The molecule has 31 heavy (non-hydrogen) atoms. The maximum Gasteiger partial charge on any atom is 0.410 e. The fourth-order valence-corrected chi connectivity index (χ4v) is 4.68. The second-order valence-corrected chi connectivity index (χ2v) is 10.1. The molecule has 1 atom stereocenters. The van der Waals surface area contributed by atoms with Gasteiger partial charge in [0.1, 0.15) is 5.60 Å². The van der Waals surface area contributed by atoms with E-state index in [1.807, 2.05) is 25.7 Å². The van der Waals surface area contributed by atoms with Crippen molar-refractivity contribution in [2.24, 2.45) is 0 Å². The van der Waals surface area contributed by atoms with Gasteiger partial charge >= 0.3 is 6.09 Å². The lowest BCUT2D eigenvalue weighted by molar-refractivity contribution is 0.0224. The van der Waals surface area contributed by atoms with E-state index in [1.54, 1.807) is 0 Å². The second kappa shape index (κ2) is 9.04. The first-order chi connectivity index (χ1) is 14.8. The Morgan fingerprint density at radius 3 is 2.45 bits per heavy atom. The zero-order chi connectivity index (χ0) is 22.0. The number of amides is 1. The summed E-state index contributed by atoms with van der Waals surface area (Å²) >= 11 is 0. The van der Waals surface area contributed by atoms with Crippen LogP contribution < -0.4 is 0 Å². The van der Waals surface area contributed by atoms with Crippen LogP contribution in [-0.4, -0.2) is 47.2 Å². The molecular formula is C27H36N2O2. The Morgan fingerprint density at radius 1 is 1.03 bits per heavy atom. The summed E-state index contributed by atoms with van der Waals surface area (Å²) in [4.78, 5) is 16.9. The third-order valence-electron chi connectivity index (χ3n) is 6.54. The number of likely N-dealkylation sites (tertiary alicyclic amines) is 1. The highest BCUT2D eigenvalue weighted by Gasteiger charge is 2.26. The van der Waals surface area contributed by atoms with Gasteiger partial charge in [-0.25, -0.2) is 4.79 Å². The molecule has 1 unspecified atom stereocenters. The molecule has 0 saturated carbocycles. The standard InChI is InChI=1S/C27H36N2O2/c1-20-6-5-15-28(20)16-13-21-7-9-22(10-8-21)24-12-11-23-14-17-29(19-25(23)18-24)26(30)31-27(2,3)4/h7-12,18,20H,5-6,13-17,19H2,1-4H3. The van der Waals surface area contributed by atoms with E-state index in [1.165, 1.54) is 47.2 Å². The highest BCUT2D eigenvalue weighted by molar-refractivity contribution is 5.70. The molecule has 2 aliphatic heterocycles. The zero-order valence-corrected chi connectivity index (χ0v) is 19.5. The Bertz CT molecular complexity index is 914. The maximum atomic E-state index is 12.5. The third-order valence-corrected chi connectivity index (χ3v) is 6.54. The van der Waals surface area contributed by atoms with Gasteiger partial charge in [0.2, 0.25) is 0 Å². The van der Waals surface area contributed by atoms with Gasteiger partial charge in [0.05, 0.1) is 0 Å². The third kappa shape index (κ3) is 5.48. The summed E-state index contributed by atoms with van der Waals surface area (Å²) in [7, 11) is 0. The molecule has 0 aromatic heterocycles. The SMILES string of the molecule is CC1CCCN1CCc1ccc(-c2ccc3c(c2)CN(C(=O)OC(C)(C)C)CC3)cc1. The van der Waals surface area contributed by atoms with E-state index in [0.29, 0.717) is 13.1 Å². The average molecular weight is 421 g/mol. The molecule has 166 valence electrons. The molecule has 4 heteroatoms. The normalized spacial score (nSPS) is 19.4. The Hall–Kier alpha value is -2.33. The van der Waals surface area contributed by atoms with Gasteiger partial charge in [0, 0.05) is 25.7 Å². The van der Waals surface area contributed by atoms with Gasteiger partial charge in [-0.1, -0.05) is 36.4 Å². The van der Waals surface area contributed by atoms with E-state index in [2.05, 4.69) is 54.3 Å². The molecule has 2 aromatic rings. The summed E-state index contributed by atoms with van der Waals surface area (Å²) in [6.45, 7) is 11.8. The molecule has 1 fully saturated rings. The molecule has 0 aliphatic carbocycles. The summed E-state index contributed by atoms with van der Waals surface area (Å²) in [5.74, 6) is 0. The van der Waals surface area contributed by atoms with Crippen LogP contribution in [0.5, 0.6) is 0 Å². The number of fused-ring (bicyclic) bond motifs is 1. The fraction of sp³-hybridized carbons (Fsp3) is 0.519. The van der Waals surface area contributed by atoms with Gasteiger partial charge in [-0.3, -0.25) is 0 Å². The van der Waals surface area contributed by atoms with Gasteiger partial charge in [-0.15, -0.1) is 0 Å². The van der Waals surface area contributed by atoms with E-state index in [-0.39, 0.29) is 6.09 Å². The van der Waals surface area contributed by atoms with Crippen molar-refractivity contribution in [2.45, 2.75) is 71.6 Å². The number of benzene rings is 2. The van der Waals surface area contributed by atoms with Gasteiger partial charge in [0.25, 0.3) is 0 Å². The van der Waals surface area contributed by atoms with Crippen LogP contribution in [0.3, 0.4) is 0 Å². The molecule has 0 bridgehead atoms. The summed E-state index contributed by atoms with van der Waals surface area (Å²) in [6, 6.07) is 16.4. The van der Waals surface area contributed by atoms with Gasteiger partial charge in [0.15, 0.2) is 0 Å². The second-order valence-electron chi connectivity index (χ2n) is 10.1. The highest BCUT2D eigenvalue weighted by Crippen LogP contribution is 2.28. The number of hydrogen-bond donors (Lipinski definition) is 0. The Labute approximate surface area is 187 Å². The molecular weight excluding hydrogens is 384 g/mol. The lowest BCUT2D eigenvalue weighted by atomic mass is 9.94. The topological polar surface area (TPSA) is 32.8 Å². The van der Waals surface area contributed by atoms with E-state index >= 15 is 0 Å². The number of hydrogen-bond acceptors (Lipinski definition) is 3. The molecule has 4 nitrogen and oxygen atoms in total. The Kier molecular flexibility index (Phi) is 6.38. The summed E-state index contributed by atoms with van der Waals surface area (Å²) < 4.78 is 5.57. The summed E-state index contributed by atoms with van der Waals surface area (Å²) in [6.07, 6.45) is 4.44. The van der Waals surface area contributed by atoms with Crippen LogP contribution in [0.4, 0.5) is 4.79 Å². The molecule has 2 aromatic carbocycles. The fourth-order valence-electron chi connectivity index (χ4n) is 4.68. The molecule has 2 heterocycles. The summed E-state index contributed by atoms with van der Waals surface area (Å²) in [5.41, 5.74) is 5.94. The maximum absolute atomic E-state index is 12.5. The van der Waals surface area contributed by atoms with Crippen molar-refractivity contribution in [3.8, 4) is 11.1 Å². The minimum atomic E-state index is -0.465. The number of carbonyl (C=O) groups is 1. The predicted molar refractivity (Wildman–Crippen MR) is 126 cm³/mol. The number of nitrogens with zero attached hydrogens (tertiary/aromatic N) is 2. The predicted octanol–water partition coefficient (Wildman–Crippen LogP) is 5.67. The summed E-state index contributed by atoms with van der Waals surface area (Å²) in [5, 5.41) is 0. The Balaban J connectivity index is 1.41. The average Bonchev–Trinajstić information content (AvgIpc) is 3.15. The minimum absolute atomic E-state index is 0.222. The molecule has 0 radical (unpaired) electrons. The largest absolute Gasteiger partial charge is 0.444 e. The van der Waals surface area contributed by atoms with Gasteiger partial charge in [-0.05, 0) is 93.8 Å². The molecule has 4 rings (SSSR count). The van der Waals surface area contributed by atoms with Crippen LogP contribution in [-0.2, 0) is 24.1 Å². The lowest BCUT2D eigenvalue weighted by Crippen LogP contribution is -2.39. The van der Waals surface area contributed by atoms with Gasteiger partial charge in [-0.2, -0.15) is 0 Å². The molecule has 0 N–H and O–H groups in total. The molecule has 0 spiro atoms. The van der Waals surface area contributed by atoms with Crippen molar-refractivity contribution in [2.75, 3.05) is 19.6 Å². The molecule has 1 saturated heterocycles. The first-order valence-electron chi connectivity index (χ1n) is 11.7. The Morgan fingerprint density at radius 2 is 1.77 bits per heavy atom. The quantitative estimate of drug-likeness (QED) is 0.638. The highest BCUT2D eigenvalue weighted by atomic mass is 16.6. The van der Waals surface area contributed by atoms with Crippen molar-refractivity contribution in [1.82, 2.24) is 9.80 Å². The first kappa shape index (κ1) is 21.9. The van der Waals surface area contributed by atoms with E-state index in [9.17, 15) is 4.79 Å². The molecule has 1 amide bonds. The van der Waals surface area contributed by atoms with Crippen molar-refractivity contribution in [3.05, 3.63) is 59.2 Å². The van der Waals surface area contributed by atoms with Crippen LogP contribution in [0.2, 0.25) is 0 Å². The smallest absolute Gasteiger partial charge is 0.410 e. The van der Waals surface area contributed by atoms with Crippen LogP contribution in [0, 0.1) is 0 Å². The minimum Gasteiger partial charge on any atom is -0.444 e. The van der Waals surface area contributed by atoms with Crippen molar-refractivity contribution in [1.29, 1.82) is 0 Å². The monoisotopic (exact) mass is 420 g/mol. The van der Waals surface area contributed by atoms with E-state index < -0.39 is 5.60 Å². The van der Waals surface area contributed by atoms with E-state index in [4.69, 9.17) is 4.74 Å². The van der Waals surface area contributed by atoms with Crippen LogP contribution in [0.25, 0.3) is 11.1 Å². The number of carbonyl (C=O) groups excluding carboxylic acids is 1.